The van der Waals surface area contributed by atoms with Crippen molar-refractivity contribution < 1.29 is 14.2 Å². The van der Waals surface area contributed by atoms with Crippen LogP contribution >= 0.6 is 0 Å². The number of methoxy groups -OCH3 is 1. The lowest BCUT2D eigenvalue weighted by atomic mass is 9.92. The standard InChI is InChI=1S/C14H20O3/c1-9-10(2)16-11(3)17-14(9)12-5-7-13(15-4)8-6-12/h5-11,14H,1-4H3/t9-,10+,11+,14+/m1/s1. The highest BCUT2D eigenvalue weighted by Crippen LogP contribution is 2.36. The van der Waals surface area contributed by atoms with Crippen molar-refractivity contribution in [3.05, 3.63) is 29.8 Å². The summed E-state index contributed by atoms with van der Waals surface area (Å²) in [6, 6.07) is 8.06. The average Bonchev–Trinajstić information content (AvgIpc) is 2.34. The van der Waals surface area contributed by atoms with E-state index in [0.717, 1.165) is 5.75 Å². The Morgan fingerprint density at radius 3 is 2.24 bits per heavy atom. The largest absolute Gasteiger partial charge is 0.497 e. The van der Waals surface area contributed by atoms with E-state index in [-0.39, 0.29) is 18.5 Å². The molecule has 0 N–H and O–H groups in total. The highest BCUT2D eigenvalue weighted by atomic mass is 16.7. The van der Waals surface area contributed by atoms with Crippen LogP contribution < -0.4 is 4.74 Å². The monoisotopic (exact) mass is 236 g/mol. The molecule has 0 saturated carbocycles. The van der Waals surface area contributed by atoms with Gasteiger partial charge in [0.2, 0.25) is 0 Å². The van der Waals surface area contributed by atoms with Gasteiger partial charge in [-0.2, -0.15) is 0 Å². The molecular formula is C14H20O3. The number of ether oxygens (including phenoxy) is 3. The molecule has 1 heterocycles. The lowest BCUT2D eigenvalue weighted by Crippen LogP contribution is -2.37. The van der Waals surface area contributed by atoms with E-state index in [1.54, 1.807) is 7.11 Å². The Morgan fingerprint density at radius 1 is 1.00 bits per heavy atom. The molecule has 0 aliphatic carbocycles. The van der Waals surface area contributed by atoms with E-state index in [9.17, 15) is 0 Å². The van der Waals surface area contributed by atoms with Crippen molar-refractivity contribution in [2.45, 2.75) is 39.3 Å². The summed E-state index contributed by atoms with van der Waals surface area (Å²) in [5.41, 5.74) is 1.18. The quantitative estimate of drug-likeness (QED) is 0.789. The van der Waals surface area contributed by atoms with E-state index in [4.69, 9.17) is 14.2 Å². The summed E-state index contributed by atoms with van der Waals surface area (Å²) in [7, 11) is 1.67. The molecule has 4 atom stereocenters. The molecule has 3 nitrogen and oxygen atoms in total. The third kappa shape index (κ3) is 2.61. The average molecular weight is 236 g/mol. The first-order chi connectivity index (χ1) is 8.11. The third-order valence-corrected chi connectivity index (χ3v) is 3.41. The van der Waals surface area contributed by atoms with Crippen LogP contribution in [0.15, 0.2) is 24.3 Å². The van der Waals surface area contributed by atoms with E-state index in [0.29, 0.717) is 5.92 Å². The van der Waals surface area contributed by atoms with Gasteiger partial charge in [-0.15, -0.1) is 0 Å². The summed E-state index contributed by atoms with van der Waals surface area (Å²) < 4.78 is 16.7. The molecule has 0 aromatic heterocycles. The highest BCUT2D eigenvalue weighted by molar-refractivity contribution is 5.29. The summed E-state index contributed by atoms with van der Waals surface area (Å²) in [6.07, 6.45) is 0.166. The van der Waals surface area contributed by atoms with Crippen molar-refractivity contribution in [1.29, 1.82) is 0 Å². The van der Waals surface area contributed by atoms with Gasteiger partial charge in [-0.3, -0.25) is 0 Å². The highest BCUT2D eigenvalue weighted by Gasteiger charge is 2.33. The van der Waals surface area contributed by atoms with Crippen molar-refractivity contribution in [2.75, 3.05) is 7.11 Å². The molecule has 1 saturated heterocycles. The van der Waals surface area contributed by atoms with Crippen LogP contribution in [0.4, 0.5) is 0 Å². The molecular weight excluding hydrogens is 216 g/mol. The smallest absolute Gasteiger partial charge is 0.156 e. The van der Waals surface area contributed by atoms with Gasteiger partial charge in [0, 0.05) is 5.92 Å². The molecule has 0 spiro atoms. The molecule has 0 amide bonds. The van der Waals surface area contributed by atoms with Crippen LogP contribution in [0.2, 0.25) is 0 Å². The van der Waals surface area contributed by atoms with Crippen LogP contribution in [0, 0.1) is 5.92 Å². The van der Waals surface area contributed by atoms with Gasteiger partial charge in [0.15, 0.2) is 6.29 Å². The van der Waals surface area contributed by atoms with Crippen molar-refractivity contribution >= 4 is 0 Å². The lowest BCUT2D eigenvalue weighted by Gasteiger charge is -2.38. The van der Waals surface area contributed by atoms with E-state index in [1.165, 1.54) is 5.56 Å². The Labute approximate surface area is 103 Å². The number of benzene rings is 1. The maximum atomic E-state index is 5.87. The fraction of sp³-hybridized carbons (Fsp3) is 0.571. The summed E-state index contributed by atoms with van der Waals surface area (Å²) in [6.45, 7) is 6.20. The summed E-state index contributed by atoms with van der Waals surface area (Å²) >= 11 is 0. The molecule has 0 bridgehead atoms. The molecule has 94 valence electrons. The van der Waals surface area contributed by atoms with Gasteiger partial charge in [-0.25, -0.2) is 0 Å². The fourth-order valence-corrected chi connectivity index (χ4v) is 2.21. The Balaban J connectivity index is 2.19. The number of rotatable bonds is 2. The lowest BCUT2D eigenvalue weighted by molar-refractivity contribution is -0.256. The summed E-state index contributed by atoms with van der Waals surface area (Å²) in [5, 5.41) is 0. The first kappa shape index (κ1) is 12.4. The van der Waals surface area contributed by atoms with Gasteiger partial charge >= 0.3 is 0 Å². The maximum Gasteiger partial charge on any atom is 0.156 e. The SMILES string of the molecule is COc1ccc([C@H]2O[C@@H](C)O[C@@H](C)[C@H]2C)cc1. The van der Waals surface area contributed by atoms with E-state index in [1.807, 2.05) is 19.1 Å². The first-order valence-corrected chi connectivity index (χ1v) is 6.06. The zero-order valence-electron chi connectivity index (χ0n) is 10.8. The van der Waals surface area contributed by atoms with Crippen LogP contribution in [0.5, 0.6) is 5.75 Å². The molecule has 0 unspecified atom stereocenters. The van der Waals surface area contributed by atoms with E-state index >= 15 is 0 Å². The van der Waals surface area contributed by atoms with Gasteiger partial charge in [-0.05, 0) is 31.5 Å². The Bertz CT molecular complexity index is 360. The summed E-state index contributed by atoms with van der Waals surface area (Å²) in [5.74, 6) is 1.22. The van der Waals surface area contributed by atoms with Gasteiger partial charge in [0.25, 0.3) is 0 Å². The molecule has 17 heavy (non-hydrogen) atoms. The van der Waals surface area contributed by atoms with Gasteiger partial charge < -0.3 is 14.2 Å². The van der Waals surface area contributed by atoms with Crippen molar-refractivity contribution in [1.82, 2.24) is 0 Å². The minimum atomic E-state index is -0.145. The molecule has 0 radical (unpaired) electrons. The maximum absolute atomic E-state index is 5.87. The molecule has 1 aliphatic heterocycles. The van der Waals surface area contributed by atoms with Crippen LogP contribution in [0.1, 0.15) is 32.4 Å². The fourth-order valence-electron chi connectivity index (χ4n) is 2.21. The van der Waals surface area contributed by atoms with Gasteiger partial charge in [-0.1, -0.05) is 19.1 Å². The molecule has 3 heteroatoms. The second kappa shape index (κ2) is 5.07. The van der Waals surface area contributed by atoms with Crippen LogP contribution in [0.3, 0.4) is 0 Å². The van der Waals surface area contributed by atoms with Crippen molar-refractivity contribution in [3.8, 4) is 5.75 Å². The predicted octanol–water partition coefficient (Wildman–Crippen LogP) is 3.15. The normalized spacial score (nSPS) is 33.4. The second-order valence-electron chi connectivity index (χ2n) is 4.60. The predicted molar refractivity (Wildman–Crippen MR) is 66.0 cm³/mol. The van der Waals surface area contributed by atoms with Crippen molar-refractivity contribution in [2.24, 2.45) is 5.92 Å². The molecule has 1 fully saturated rings. The second-order valence-corrected chi connectivity index (χ2v) is 4.60. The Kier molecular flexibility index (Phi) is 3.69. The minimum absolute atomic E-state index is 0.0969. The Hall–Kier alpha value is -1.06. The van der Waals surface area contributed by atoms with E-state index < -0.39 is 0 Å². The van der Waals surface area contributed by atoms with Gasteiger partial charge in [0.1, 0.15) is 5.75 Å². The van der Waals surface area contributed by atoms with Crippen LogP contribution in [-0.4, -0.2) is 19.5 Å². The van der Waals surface area contributed by atoms with E-state index in [2.05, 4.69) is 26.0 Å². The minimum Gasteiger partial charge on any atom is -0.497 e. The topological polar surface area (TPSA) is 27.7 Å². The molecule has 1 aromatic carbocycles. The Morgan fingerprint density at radius 2 is 1.65 bits per heavy atom. The summed E-state index contributed by atoms with van der Waals surface area (Å²) in [4.78, 5) is 0. The number of hydrogen-bond acceptors (Lipinski definition) is 3. The van der Waals surface area contributed by atoms with Crippen LogP contribution in [-0.2, 0) is 9.47 Å². The molecule has 2 rings (SSSR count). The molecule has 1 aliphatic rings. The number of hydrogen-bond donors (Lipinski definition) is 0. The first-order valence-electron chi connectivity index (χ1n) is 6.06. The third-order valence-electron chi connectivity index (χ3n) is 3.41. The van der Waals surface area contributed by atoms with Crippen molar-refractivity contribution in [3.63, 3.8) is 0 Å². The van der Waals surface area contributed by atoms with Crippen LogP contribution in [0.25, 0.3) is 0 Å². The zero-order valence-corrected chi connectivity index (χ0v) is 10.8. The molecule has 1 aromatic rings. The van der Waals surface area contributed by atoms with Gasteiger partial charge in [0.05, 0.1) is 19.3 Å². The zero-order chi connectivity index (χ0) is 12.4.